The average molecular weight is 441 g/mol. The predicted octanol–water partition coefficient (Wildman–Crippen LogP) is 2.93. The topological polar surface area (TPSA) is 74.8 Å². The molecule has 2 aliphatic heterocycles. The Morgan fingerprint density at radius 1 is 1.00 bits per heavy atom. The monoisotopic (exact) mass is 440 g/mol. The molecule has 0 spiro atoms. The van der Waals surface area contributed by atoms with Gasteiger partial charge in [0.25, 0.3) is 0 Å². The van der Waals surface area contributed by atoms with Gasteiger partial charge in [-0.05, 0) is 49.1 Å². The van der Waals surface area contributed by atoms with E-state index < -0.39 is 9.84 Å². The number of anilines is 1. The lowest BCUT2D eigenvalue weighted by molar-refractivity contribution is -0.138. The lowest BCUT2D eigenvalue weighted by atomic mass is 9.93. The first-order chi connectivity index (χ1) is 14.9. The number of carbonyl (C=O) groups is 2. The van der Waals surface area contributed by atoms with Crippen LogP contribution in [0.1, 0.15) is 35.2 Å². The van der Waals surface area contributed by atoms with Crippen LogP contribution in [-0.4, -0.2) is 56.1 Å². The normalized spacial score (nSPS) is 21.0. The second-order valence-corrected chi connectivity index (χ2v) is 10.7. The molecular formula is C24H28N2O4S. The molecule has 0 radical (unpaired) electrons. The number of hydrogen-bond acceptors (Lipinski definition) is 5. The first-order valence-corrected chi connectivity index (χ1v) is 12.6. The molecule has 2 fully saturated rings. The molecule has 4 rings (SSSR count). The highest BCUT2D eigenvalue weighted by atomic mass is 32.2. The van der Waals surface area contributed by atoms with E-state index >= 15 is 0 Å². The van der Waals surface area contributed by atoms with Crippen molar-refractivity contribution in [3.63, 3.8) is 0 Å². The zero-order chi connectivity index (χ0) is 21.8. The predicted molar refractivity (Wildman–Crippen MR) is 121 cm³/mol. The van der Waals surface area contributed by atoms with Crippen LogP contribution in [0.4, 0.5) is 5.69 Å². The van der Waals surface area contributed by atoms with Crippen molar-refractivity contribution in [2.75, 3.05) is 29.5 Å². The van der Waals surface area contributed by atoms with Crippen LogP contribution in [-0.2, 0) is 21.2 Å². The number of aldehydes is 1. The Balaban J connectivity index is 1.45. The van der Waals surface area contributed by atoms with Gasteiger partial charge in [-0.1, -0.05) is 30.3 Å². The number of nitrogens with zero attached hydrogens (tertiary/aromatic N) is 2. The summed E-state index contributed by atoms with van der Waals surface area (Å²) in [7, 11) is -3.07. The number of sulfone groups is 1. The van der Waals surface area contributed by atoms with Crippen molar-refractivity contribution in [2.45, 2.75) is 31.8 Å². The summed E-state index contributed by atoms with van der Waals surface area (Å²) in [5, 5.41) is 0. The van der Waals surface area contributed by atoms with Crippen LogP contribution in [0, 0.1) is 5.92 Å². The summed E-state index contributed by atoms with van der Waals surface area (Å²) in [6.07, 6.45) is 2.82. The second-order valence-electron chi connectivity index (χ2n) is 8.48. The van der Waals surface area contributed by atoms with Crippen LogP contribution in [0.5, 0.6) is 0 Å². The Morgan fingerprint density at radius 3 is 2.26 bits per heavy atom. The van der Waals surface area contributed by atoms with E-state index in [-0.39, 0.29) is 29.4 Å². The first kappa shape index (κ1) is 21.6. The smallest absolute Gasteiger partial charge is 0.226 e. The molecule has 0 aliphatic carbocycles. The summed E-state index contributed by atoms with van der Waals surface area (Å²) in [6.45, 7) is 1.98. The largest absolute Gasteiger partial charge is 0.371 e. The highest BCUT2D eigenvalue weighted by Gasteiger charge is 2.37. The zero-order valence-electron chi connectivity index (χ0n) is 17.5. The maximum atomic E-state index is 13.5. The van der Waals surface area contributed by atoms with Crippen molar-refractivity contribution in [1.82, 2.24) is 4.90 Å². The van der Waals surface area contributed by atoms with Gasteiger partial charge in [0.05, 0.1) is 11.5 Å². The van der Waals surface area contributed by atoms with E-state index in [1.807, 2.05) is 59.5 Å². The van der Waals surface area contributed by atoms with Gasteiger partial charge in [-0.25, -0.2) is 8.42 Å². The van der Waals surface area contributed by atoms with Gasteiger partial charge in [-0.15, -0.1) is 0 Å². The highest BCUT2D eigenvalue weighted by Crippen LogP contribution is 2.28. The number of hydrogen-bond donors (Lipinski definition) is 0. The fourth-order valence-corrected chi connectivity index (χ4v) is 6.30. The summed E-state index contributed by atoms with van der Waals surface area (Å²) in [5.74, 6) is 0.193. The molecule has 0 unspecified atom stereocenters. The molecule has 2 aromatic rings. The molecule has 0 N–H and O–H groups in total. The van der Waals surface area contributed by atoms with Crippen molar-refractivity contribution < 1.29 is 18.0 Å². The Hall–Kier alpha value is -2.67. The third-order valence-electron chi connectivity index (χ3n) is 6.37. The molecule has 1 atom stereocenters. The fraction of sp³-hybridized carbons (Fsp3) is 0.417. The van der Waals surface area contributed by atoms with Crippen molar-refractivity contribution in [3.8, 4) is 0 Å². The van der Waals surface area contributed by atoms with E-state index in [0.717, 1.165) is 43.5 Å². The van der Waals surface area contributed by atoms with Crippen LogP contribution >= 0.6 is 0 Å². The zero-order valence-corrected chi connectivity index (χ0v) is 18.3. The number of benzene rings is 2. The SMILES string of the molecule is O=Cc1ccc(N2CCC(C(=O)N(Cc3ccccc3)[C@H]3CCS(=O)(=O)C3)CC2)cc1. The van der Waals surface area contributed by atoms with Gasteiger partial charge in [0.2, 0.25) is 5.91 Å². The van der Waals surface area contributed by atoms with Crippen molar-refractivity contribution >= 4 is 27.7 Å². The average Bonchev–Trinajstić information content (AvgIpc) is 3.17. The van der Waals surface area contributed by atoms with Crippen LogP contribution in [0.2, 0.25) is 0 Å². The molecule has 0 saturated carbocycles. The first-order valence-electron chi connectivity index (χ1n) is 10.8. The summed E-state index contributed by atoms with van der Waals surface area (Å²) in [5.41, 5.74) is 2.73. The van der Waals surface area contributed by atoms with Crippen molar-refractivity contribution in [3.05, 3.63) is 65.7 Å². The minimum Gasteiger partial charge on any atom is -0.371 e. The maximum absolute atomic E-state index is 13.5. The van der Waals surface area contributed by atoms with Crippen LogP contribution < -0.4 is 4.90 Å². The Labute approximate surface area is 183 Å². The third kappa shape index (κ3) is 5.15. The van der Waals surface area contributed by atoms with E-state index in [0.29, 0.717) is 18.5 Å². The molecule has 1 amide bonds. The molecule has 0 aromatic heterocycles. The van der Waals surface area contributed by atoms with Gasteiger partial charge in [0.15, 0.2) is 9.84 Å². The van der Waals surface area contributed by atoms with Gasteiger partial charge in [-0.3, -0.25) is 9.59 Å². The Bertz CT molecular complexity index is 1010. The van der Waals surface area contributed by atoms with E-state index in [9.17, 15) is 18.0 Å². The molecule has 164 valence electrons. The fourth-order valence-electron chi connectivity index (χ4n) is 4.57. The molecule has 0 bridgehead atoms. The lowest BCUT2D eigenvalue weighted by Gasteiger charge is -2.37. The van der Waals surface area contributed by atoms with E-state index in [2.05, 4.69) is 4.90 Å². The van der Waals surface area contributed by atoms with E-state index in [1.165, 1.54) is 0 Å². The minimum atomic E-state index is -3.07. The van der Waals surface area contributed by atoms with Crippen LogP contribution in [0.25, 0.3) is 0 Å². The number of carbonyl (C=O) groups excluding carboxylic acids is 2. The maximum Gasteiger partial charge on any atom is 0.226 e. The molecule has 31 heavy (non-hydrogen) atoms. The number of rotatable bonds is 6. The molecule has 7 heteroatoms. The second kappa shape index (κ2) is 9.22. The van der Waals surface area contributed by atoms with Gasteiger partial charge in [0, 0.05) is 42.8 Å². The molecule has 2 aromatic carbocycles. The van der Waals surface area contributed by atoms with Gasteiger partial charge < -0.3 is 9.80 Å². The summed E-state index contributed by atoms with van der Waals surface area (Å²) in [6, 6.07) is 17.0. The summed E-state index contributed by atoms with van der Waals surface area (Å²) in [4.78, 5) is 28.4. The Morgan fingerprint density at radius 2 is 1.68 bits per heavy atom. The number of amides is 1. The summed E-state index contributed by atoms with van der Waals surface area (Å²) >= 11 is 0. The van der Waals surface area contributed by atoms with Crippen molar-refractivity contribution in [2.24, 2.45) is 5.92 Å². The van der Waals surface area contributed by atoms with Gasteiger partial charge >= 0.3 is 0 Å². The van der Waals surface area contributed by atoms with Crippen molar-refractivity contribution in [1.29, 1.82) is 0 Å². The molecular weight excluding hydrogens is 412 g/mol. The van der Waals surface area contributed by atoms with Crippen LogP contribution in [0.3, 0.4) is 0 Å². The quantitative estimate of drug-likeness (QED) is 0.646. The standard InChI is InChI=1S/C24H28N2O4S/c27-17-20-6-8-22(9-7-20)25-13-10-21(11-14-25)24(28)26(16-19-4-2-1-3-5-19)23-12-15-31(29,30)18-23/h1-9,17,21,23H,10-16,18H2/t23-/m0/s1. The molecule has 6 nitrogen and oxygen atoms in total. The Kier molecular flexibility index (Phi) is 6.41. The number of piperidine rings is 1. The highest BCUT2D eigenvalue weighted by molar-refractivity contribution is 7.91. The van der Waals surface area contributed by atoms with E-state index in [4.69, 9.17) is 0 Å². The third-order valence-corrected chi connectivity index (χ3v) is 8.12. The molecule has 2 aliphatic rings. The summed E-state index contributed by atoms with van der Waals surface area (Å²) < 4.78 is 24.2. The van der Waals surface area contributed by atoms with Crippen LogP contribution in [0.15, 0.2) is 54.6 Å². The molecule has 2 heterocycles. The minimum absolute atomic E-state index is 0.0630. The lowest BCUT2D eigenvalue weighted by Crippen LogP contribution is -2.47. The van der Waals surface area contributed by atoms with Gasteiger partial charge in [-0.2, -0.15) is 0 Å². The van der Waals surface area contributed by atoms with Gasteiger partial charge in [0.1, 0.15) is 6.29 Å². The molecule has 2 saturated heterocycles. The van der Waals surface area contributed by atoms with E-state index in [1.54, 1.807) is 0 Å².